The van der Waals surface area contributed by atoms with Crippen molar-refractivity contribution in [3.8, 4) is 5.69 Å². The van der Waals surface area contributed by atoms with E-state index in [0.717, 1.165) is 27.7 Å². The van der Waals surface area contributed by atoms with Crippen LogP contribution in [0, 0.1) is 11.6 Å². The van der Waals surface area contributed by atoms with Crippen molar-refractivity contribution in [3.05, 3.63) is 57.5 Å². The number of halogens is 3. The molecule has 2 N–H and O–H groups in total. The summed E-state index contributed by atoms with van der Waals surface area (Å²) in [7, 11) is 0. The van der Waals surface area contributed by atoms with Crippen molar-refractivity contribution < 1.29 is 19.0 Å². The fourth-order valence-electron chi connectivity index (χ4n) is 2.50. The van der Waals surface area contributed by atoms with Gasteiger partial charge in [-0.3, -0.25) is 14.3 Å². The third kappa shape index (κ3) is 3.12. The molecule has 2 heterocycles. The van der Waals surface area contributed by atoms with Crippen LogP contribution in [0.4, 0.5) is 14.7 Å². The number of rotatable bonds is 4. The number of anilines is 1. The lowest BCUT2D eigenvalue weighted by molar-refractivity contribution is -0.0411. The average Bonchev–Trinajstić information content (AvgIpc) is 2.56. The molecule has 0 saturated heterocycles. The van der Waals surface area contributed by atoms with Gasteiger partial charge in [-0.2, -0.15) is 4.98 Å². The van der Waals surface area contributed by atoms with Crippen molar-refractivity contribution in [1.82, 2.24) is 14.5 Å². The predicted octanol–water partition coefficient (Wildman–Crippen LogP) is 1.81. The van der Waals surface area contributed by atoms with E-state index in [4.69, 9.17) is 11.6 Å². The maximum absolute atomic E-state index is 14.2. The first-order valence-electron chi connectivity index (χ1n) is 7.51. The summed E-state index contributed by atoms with van der Waals surface area (Å²) in [5.74, 6) is -1.93. The van der Waals surface area contributed by atoms with Crippen LogP contribution in [-0.4, -0.2) is 37.7 Å². The molecule has 0 aliphatic carbocycles. The van der Waals surface area contributed by atoms with Crippen LogP contribution < -0.4 is 10.5 Å². The van der Waals surface area contributed by atoms with Gasteiger partial charge in [0.1, 0.15) is 16.8 Å². The van der Waals surface area contributed by atoms with Gasteiger partial charge in [-0.25, -0.2) is 13.8 Å². The molecule has 1 aromatic carbocycles. The molecule has 0 aliphatic heterocycles. The van der Waals surface area contributed by atoms with E-state index in [2.05, 4.69) is 9.97 Å². The molecular formula is C16H13ClF2N4O3. The topological polar surface area (TPSA) is 91.5 Å². The van der Waals surface area contributed by atoms with Crippen LogP contribution in [0.15, 0.2) is 35.1 Å². The van der Waals surface area contributed by atoms with Gasteiger partial charge in [0.15, 0.2) is 5.65 Å². The van der Waals surface area contributed by atoms with Crippen molar-refractivity contribution in [2.75, 3.05) is 11.4 Å². The summed E-state index contributed by atoms with van der Waals surface area (Å²) in [6.07, 6.45) is -1.90. The Morgan fingerprint density at radius 2 is 1.96 bits per heavy atom. The van der Waals surface area contributed by atoms with Crippen LogP contribution in [0.25, 0.3) is 16.7 Å². The molecule has 0 amide bonds. The standard InChI is InChI=1S/C16H13ClF2N4O3/c1-2-22(16(25)26)15-20-13(17)9-4-6-12(24)23(14(9)21-15)11-5-3-8(18)7-10(11)19/h3-7,16,25-26H,2H2,1H3. The molecule has 0 saturated carbocycles. The quantitative estimate of drug-likeness (QED) is 0.528. The molecule has 3 rings (SSSR count). The molecule has 3 aromatic rings. The second-order valence-corrected chi connectivity index (χ2v) is 5.64. The normalized spacial score (nSPS) is 11.3. The van der Waals surface area contributed by atoms with Crippen LogP contribution in [-0.2, 0) is 0 Å². The molecule has 7 nitrogen and oxygen atoms in total. The SMILES string of the molecule is CCN(c1nc(Cl)c2ccc(=O)n(-c3ccc(F)cc3F)c2n1)C(O)O. The summed E-state index contributed by atoms with van der Waals surface area (Å²) in [6, 6.07) is 5.26. The lowest BCUT2D eigenvalue weighted by Gasteiger charge is -2.23. The molecule has 0 spiro atoms. The second-order valence-electron chi connectivity index (χ2n) is 5.29. The minimum Gasteiger partial charge on any atom is -0.351 e. The fourth-order valence-corrected chi connectivity index (χ4v) is 2.72. The Balaban J connectivity index is 2.37. The maximum Gasteiger partial charge on any atom is 0.256 e. The summed E-state index contributed by atoms with van der Waals surface area (Å²) in [5, 5.41) is 19.0. The maximum atomic E-state index is 14.2. The number of aliphatic hydroxyl groups is 2. The number of fused-ring (bicyclic) bond motifs is 1. The van der Waals surface area contributed by atoms with E-state index in [1.54, 1.807) is 6.92 Å². The van der Waals surface area contributed by atoms with E-state index >= 15 is 0 Å². The zero-order valence-corrected chi connectivity index (χ0v) is 14.2. The monoisotopic (exact) mass is 382 g/mol. The summed E-state index contributed by atoms with van der Waals surface area (Å²) in [6.45, 7) is 1.75. The van der Waals surface area contributed by atoms with Gasteiger partial charge in [0.2, 0.25) is 12.4 Å². The summed E-state index contributed by atoms with van der Waals surface area (Å²) in [4.78, 5) is 21.5. The van der Waals surface area contributed by atoms with Gasteiger partial charge in [-0.1, -0.05) is 11.6 Å². The van der Waals surface area contributed by atoms with Gasteiger partial charge in [0.25, 0.3) is 5.56 Å². The van der Waals surface area contributed by atoms with Crippen molar-refractivity contribution in [3.63, 3.8) is 0 Å². The van der Waals surface area contributed by atoms with Crippen molar-refractivity contribution in [2.24, 2.45) is 0 Å². The minimum absolute atomic E-state index is 0.0582. The second kappa shape index (κ2) is 6.94. The Hall–Kier alpha value is -2.62. The molecule has 0 atom stereocenters. The van der Waals surface area contributed by atoms with Gasteiger partial charge in [0, 0.05) is 18.7 Å². The first-order chi connectivity index (χ1) is 12.3. The van der Waals surface area contributed by atoms with Gasteiger partial charge in [0.05, 0.1) is 11.1 Å². The van der Waals surface area contributed by atoms with Gasteiger partial charge < -0.3 is 10.2 Å². The first-order valence-corrected chi connectivity index (χ1v) is 7.88. The summed E-state index contributed by atoms with van der Waals surface area (Å²) >= 11 is 6.13. The van der Waals surface area contributed by atoms with E-state index in [9.17, 15) is 23.8 Å². The Morgan fingerprint density at radius 1 is 1.23 bits per heavy atom. The lowest BCUT2D eigenvalue weighted by atomic mass is 10.2. The molecule has 136 valence electrons. The lowest BCUT2D eigenvalue weighted by Crippen LogP contribution is -2.36. The highest BCUT2D eigenvalue weighted by molar-refractivity contribution is 6.34. The third-order valence-corrected chi connectivity index (χ3v) is 4.01. The molecule has 26 heavy (non-hydrogen) atoms. The molecule has 2 aromatic heterocycles. The van der Waals surface area contributed by atoms with E-state index in [-0.39, 0.29) is 34.4 Å². The van der Waals surface area contributed by atoms with Gasteiger partial charge >= 0.3 is 0 Å². The highest BCUT2D eigenvalue weighted by Crippen LogP contribution is 2.25. The van der Waals surface area contributed by atoms with Gasteiger partial charge in [-0.15, -0.1) is 0 Å². The van der Waals surface area contributed by atoms with E-state index in [1.165, 1.54) is 6.07 Å². The van der Waals surface area contributed by atoms with Crippen LogP contribution in [0.3, 0.4) is 0 Å². The Morgan fingerprint density at radius 3 is 2.58 bits per heavy atom. The minimum atomic E-state index is -1.90. The average molecular weight is 383 g/mol. The van der Waals surface area contributed by atoms with Crippen LogP contribution in [0.1, 0.15) is 6.92 Å². The highest BCUT2D eigenvalue weighted by Gasteiger charge is 2.20. The third-order valence-electron chi connectivity index (χ3n) is 3.72. The van der Waals surface area contributed by atoms with Crippen LogP contribution >= 0.6 is 11.6 Å². The van der Waals surface area contributed by atoms with Crippen molar-refractivity contribution >= 4 is 28.6 Å². The molecule has 0 aliphatic rings. The molecule has 0 fully saturated rings. The Bertz CT molecular complexity index is 1040. The summed E-state index contributed by atoms with van der Waals surface area (Å²) in [5.41, 5.74) is -0.913. The largest absolute Gasteiger partial charge is 0.351 e. The highest BCUT2D eigenvalue weighted by atomic mass is 35.5. The molecule has 10 heteroatoms. The van der Waals surface area contributed by atoms with Gasteiger partial charge in [-0.05, 0) is 25.1 Å². The zero-order valence-electron chi connectivity index (χ0n) is 13.4. The number of aliphatic hydroxyl groups excluding tert-OH is 1. The van der Waals surface area contributed by atoms with E-state index in [1.807, 2.05) is 0 Å². The van der Waals surface area contributed by atoms with Crippen molar-refractivity contribution in [1.29, 1.82) is 0 Å². The predicted molar refractivity (Wildman–Crippen MR) is 91.3 cm³/mol. The number of aromatic nitrogens is 3. The smallest absolute Gasteiger partial charge is 0.256 e. The fraction of sp³-hybridized carbons (Fsp3) is 0.188. The number of hydrogen-bond donors (Lipinski definition) is 2. The molecule has 0 bridgehead atoms. The molecular weight excluding hydrogens is 370 g/mol. The zero-order chi connectivity index (χ0) is 19.0. The van der Waals surface area contributed by atoms with Crippen LogP contribution in [0.2, 0.25) is 5.15 Å². The Kier molecular flexibility index (Phi) is 4.86. The van der Waals surface area contributed by atoms with E-state index < -0.39 is 23.6 Å². The number of benzene rings is 1. The number of nitrogens with zero attached hydrogens (tertiary/aromatic N) is 4. The first kappa shape index (κ1) is 18.2. The Labute approximate surface area is 150 Å². The van der Waals surface area contributed by atoms with Crippen molar-refractivity contribution in [2.45, 2.75) is 13.3 Å². The molecule has 0 unspecified atom stereocenters. The number of hydrogen-bond acceptors (Lipinski definition) is 6. The molecule has 0 radical (unpaired) electrons. The van der Waals surface area contributed by atoms with E-state index in [0.29, 0.717) is 6.07 Å². The van der Waals surface area contributed by atoms with Crippen LogP contribution in [0.5, 0.6) is 0 Å². The number of pyridine rings is 1. The summed E-state index contributed by atoms with van der Waals surface area (Å²) < 4.78 is 28.4.